The quantitative estimate of drug-likeness (QED) is 0.155. The maximum atomic E-state index is 13.4. The van der Waals surface area contributed by atoms with Gasteiger partial charge in [0.25, 0.3) is 0 Å². The van der Waals surface area contributed by atoms with E-state index in [1.54, 1.807) is 6.92 Å². The van der Waals surface area contributed by atoms with Gasteiger partial charge in [0.05, 0.1) is 12.5 Å². The van der Waals surface area contributed by atoms with Crippen molar-refractivity contribution in [2.45, 2.75) is 58.5 Å². The molecular formula is C38H44N2O3. The van der Waals surface area contributed by atoms with Crippen LogP contribution < -0.4 is 11.1 Å². The summed E-state index contributed by atoms with van der Waals surface area (Å²) in [6.45, 7) is 5.93. The molecule has 0 heterocycles. The van der Waals surface area contributed by atoms with Gasteiger partial charge in [-0.15, -0.1) is 0 Å². The topological polar surface area (TPSA) is 81.4 Å². The third-order valence-electron chi connectivity index (χ3n) is 7.88. The summed E-state index contributed by atoms with van der Waals surface area (Å²) in [6.07, 6.45) is 2.39. The number of carbonyl (C=O) groups excluding carboxylic acids is 2. The predicted octanol–water partition coefficient (Wildman–Crippen LogP) is 7.23. The summed E-state index contributed by atoms with van der Waals surface area (Å²) in [7, 11) is 0. The summed E-state index contributed by atoms with van der Waals surface area (Å²) in [4.78, 5) is 25.8. The molecule has 4 rings (SSSR count). The van der Waals surface area contributed by atoms with Crippen LogP contribution >= 0.6 is 0 Å². The average molecular weight is 577 g/mol. The first-order valence-corrected chi connectivity index (χ1v) is 15.3. The molecule has 0 unspecified atom stereocenters. The molecule has 0 aliphatic heterocycles. The van der Waals surface area contributed by atoms with Gasteiger partial charge in [0.2, 0.25) is 5.91 Å². The minimum atomic E-state index is -0.328. The second-order valence-electron chi connectivity index (χ2n) is 11.5. The lowest BCUT2D eigenvalue weighted by atomic mass is 9.92. The van der Waals surface area contributed by atoms with Crippen molar-refractivity contribution in [3.8, 4) is 22.3 Å². The predicted molar refractivity (Wildman–Crippen MR) is 175 cm³/mol. The Morgan fingerprint density at radius 2 is 1.12 bits per heavy atom. The number of ether oxygens (including phenoxy) is 1. The van der Waals surface area contributed by atoms with Gasteiger partial charge < -0.3 is 15.8 Å². The van der Waals surface area contributed by atoms with E-state index >= 15 is 0 Å². The van der Waals surface area contributed by atoms with Crippen molar-refractivity contribution in [2.24, 2.45) is 17.6 Å². The standard InChI is InChI=1S/C38H44N2O3/c1-4-43-38(42)28(3)24-36(26-30-17-21-34(22-18-30)32-13-9-6-10-14-32)40-37(41)27(2)23-35(39)25-29-15-19-33(20-16-29)31-11-7-5-8-12-31/h5-22,27-28,35-36H,4,23-26,39H2,1-3H3,(H,40,41)/t27-,28-,35+,36+/m1/s1. The van der Waals surface area contributed by atoms with Crippen molar-refractivity contribution in [3.63, 3.8) is 0 Å². The highest BCUT2D eigenvalue weighted by molar-refractivity contribution is 5.79. The first-order chi connectivity index (χ1) is 20.8. The smallest absolute Gasteiger partial charge is 0.308 e. The van der Waals surface area contributed by atoms with Crippen LogP contribution in [0.25, 0.3) is 22.3 Å². The maximum absolute atomic E-state index is 13.4. The molecule has 224 valence electrons. The zero-order valence-corrected chi connectivity index (χ0v) is 25.5. The van der Waals surface area contributed by atoms with E-state index in [1.165, 1.54) is 11.1 Å². The van der Waals surface area contributed by atoms with Crippen LogP contribution in [0.5, 0.6) is 0 Å². The molecule has 3 N–H and O–H groups in total. The van der Waals surface area contributed by atoms with Crippen molar-refractivity contribution in [1.29, 1.82) is 0 Å². The number of amides is 1. The average Bonchev–Trinajstić information content (AvgIpc) is 3.02. The molecule has 0 aromatic heterocycles. The molecule has 0 saturated heterocycles. The second kappa shape index (κ2) is 15.9. The Labute approximate surface area is 256 Å². The van der Waals surface area contributed by atoms with E-state index < -0.39 is 0 Å². The monoisotopic (exact) mass is 576 g/mol. The zero-order valence-electron chi connectivity index (χ0n) is 25.5. The Hall–Kier alpha value is -4.22. The molecule has 0 saturated carbocycles. The lowest BCUT2D eigenvalue weighted by Crippen LogP contribution is -2.42. The molecule has 0 aliphatic rings. The van der Waals surface area contributed by atoms with Crippen molar-refractivity contribution in [3.05, 3.63) is 120 Å². The van der Waals surface area contributed by atoms with Gasteiger partial charge >= 0.3 is 5.97 Å². The maximum Gasteiger partial charge on any atom is 0.308 e. The van der Waals surface area contributed by atoms with E-state index in [0.29, 0.717) is 32.3 Å². The molecule has 0 aliphatic carbocycles. The van der Waals surface area contributed by atoms with E-state index in [1.807, 2.05) is 50.2 Å². The lowest BCUT2D eigenvalue weighted by Gasteiger charge is -2.25. The Balaban J connectivity index is 1.36. The van der Waals surface area contributed by atoms with Gasteiger partial charge in [0, 0.05) is 18.0 Å². The Morgan fingerprint density at radius 3 is 1.60 bits per heavy atom. The molecule has 0 spiro atoms. The van der Waals surface area contributed by atoms with Crippen LogP contribution in [-0.2, 0) is 27.2 Å². The molecule has 4 atom stereocenters. The normalized spacial score (nSPS) is 13.9. The summed E-state index contributed by atoms with van der Waals surface area (Å²) in [5, 5.41) is 3.23. The molecule has 4 aromatic carbocycles. The SMILES string of the molecule is CCOC(=O)[C@H](C)C[C@@H](Cc1ccc(-c2ccccc2)cc1)NC(=O)[C@H](C)C[C@H](N)Cc1ccc(-c2ccccc2)cc1. The van der Waals surface area contributed by atoms with Crippen LogP contribution in [0.2, 0.25) is 0 Å². The fraction of sp³-hybridized carbons (Fsp3) is 0.316. The van der Waals surface area contributed by atoms with Crippen molar-refractivity contribution < 1.29 is 14.3 Å². The third kappa shape index (κ3) is 9.65. The van der Waals surface area contributed by atoms with Gasteiger partial charge in [0.1, 0.15) is 0 Å². The molecule has 5 heteroatoms. The van der Waals surface area contributed by atoms with Gasteiger partial charge in [-0.3, -0.25) is 9.59 Å². The lowest BCUT2D eigenvalue weighted by molar-refractivity contribution is -0.148. The van der Waals surface area contributed by atoms with Crippen molar-refractivity contribution in [1.82, 2.24) is 5.32 Å². The summed E-state index contributed by atoms with van der Waals surface area (Å²) in [6, 6.07) is 37.0. The largest absolute Gasteiger partial charge is 0.466 e. The highest BCUT2D eigenvalue weighted by Crippen LogP contribution is 2.22. The summed E-state index contributed by atoms with van der Waals surface area (Å²) in [5.41, 5.74) is 13.4. The minimum Gasteiger partial charge on any atom is -0.466 e. The van der Waals surface area contributed by atoms with E-state index in [4.69, 9.17) is 10.5 Å². The number of rotatable bonds is 14. The summed E-state index contributed by atoms with van der Waals surface area (Å²) in [5.74, 6) is -0.879. The molecule has 0 bridgehead atoms. The van der Waals surface area contributed by atoms with Gasteiger partial charge in [-0.2, -0.15) is 0 Å². The molecule has 0 fully saturated rings. The highest BCUT2D eigenvalue weighted by Gasteiger charge is 2.25. The first kappa shape index (κ1) is 31.7. The Bertz CT molecular complexity index is 1420. The van der Waals surface area contributed by atoms with Gasteiger partial charge in [-0.05, 0) is 66.0 Å². The number of carbonyl (C=O) groups is 2. The zero-order chi connectivity index (χ0) is 30.6. The summed E-state index contributed by atoms with van der Waals surface area (Å²) < 4.78 is 5.25. The number of hydrogen-bond donors (Lipinski definition) is 2. The van der Waals surface area contributed by atoms with Crippen LogP contribution in [-0.4, -0.2) is 30.6 Å². The number of nitrogens with one attached hydrogen (secondary N) is 1. The fourth-order valence-corrected chi connectivity index (χ4v) is 5.50. The molecule has 0 radical (unpaired) electrons. The van der Waals surface area contributed by atoms with Crippen LogP contribution in [0.15, 0.2) is 109 Å². The van der Waals surface area contributed by atoms with Crippen LogP contribution in [0.1, 0.15) is 44.7 Å². The molecule has 43 heavy (non-hydrogen) atoms. The van der Waals surface area contributed by atoms with Crippen LogP contribution in [0, 0.1) is 11.8 Å². The highest BCUT2D eigenvalue weighted by atomic mass is 16.5. The molecule has 4 aromatic rings. The van der Waals surface area contributed by atoms with E-state index in [-0.39, 0.29) is 35.8 Å². The van der Waals surface area contributed by atoms with Crippen LogP contribution in [0.3, 0.4) is 0 Å². The van der Waals surface area contributed by atoms with E-state index in [2.05, 4.69) is 78.1 Å². The van der Waals surface area contributed by atoms with Crippen molar-refractivity contribution in [2.75, 3.05) is 6.61 Å². The molecule has 5 nitrogen and oxygen atoms in total. The Kier molecular flexibility index (Phi) is 11.7. The van der Waals surface area contributed by atoms with Gasteiger partial charge in [-0.25, -0.2) is 0 Å². The number of esters is 1. The number of hydrogen-bond acceptors (Lipinski definition) is 4. The number of benzene rings is 4. The van der Waals surface area contributed by atoms with E-state index in [0.717, 1.165) is 22.3 Å². The third-order valence-corrected chi connectivity index (χ3v) is 7.88. The second-order valence-corrected chi connectivity index (χ2v) is 11.5. The molecule has 1 amide bonds. The molecular weight excluding hydrogens is 532 g/mol. The fourth-order valence-electron chi connectivity index (χ4n) is 5.50. The Morgan fingerprint density at radius 1 is 0.651 bits per heavy atom. The van der Waals surface area contributed by atoms with Gasteiger partial charge in [-0.1, -0.05) is 123 Å². The summed E-state index contributed by atoms with van der Waals surface area (Å²) >= 11 is 0. The number of nitrogens with two attached hydrogens (primary N) is 1. The van der Waals surface area contributed by atoms with Crippen LogP contribution in [0.4, 0.5) is 0 Å². The van der Waals surface area contributed by atoms with Crippen molar-refractivity contribution >= 4 is 11.9 Å². The minimum absolute atomic E-state index is 0.0446. The van der Waals surface area contributed by atoms with E-state index in [9.17, 15) is 9.59 Å². The first-order valence-electron chi connectivity index (χ1n) is 15.3. The van der Waals surface area contributed by atoms with Gasteiger partial charge in [0.15, 0.2) is 0 Å².